The van der Waals surface area contributed by atoms with E-state index in [9.17, 15) is 0 Å². The van der Waals surface area contributed by atoms with Gasteiger partial charge in [-0.1, -0.05) is 173 Å². The summed E-state index contributed by atoms with van der Waals surface area (Å²) in [4.78, 5) is 2.42. The minimum atomic E-state index is 0.748. The predicted molar refractivity (Wildman–Crippen MR) is 166 cm³/mol. The van der Waals surface area contributed by atoms with Crippen LogP contribution in [0.4, 0.5) is 0 Å². The minimum absolute atomic E-state index is 0.748. The summed E-state index contributed by atoms with van der Waals surface area (Å²) in [6, 6.07) is 0.748. The monoisotopic (exact) mass is 488 g/mol. The van der Waals surface area contributed by atoms with Crippen molar-refractivity contribution < 1.29 is 0 Å². The van der Waals surface area contributed by atoms with Gasteiger partial charge in [0.25, 0.3) is 0 Å². The summed E-state index contributed by atoms with van der Waals surface area (Å²) in [6.45, 7) is 28.1. The fourth-order valence-corrected chi connectivity index (χ4v) is 4.16. The average Bonchev–Trinajstić information content (AvgIpc) is 2.83. The van der Waals surface area contributed by atoms with Crippen LogP contribution in [0, 0.1) is 17.8 Å². The Kier molecular flexibility index (Phi) is 51.9. The molecule has 0 aromatic carbocycles. The molecule has 3 unspecified atom stereocenters. The third-order valence-electron chi connectivity index (χ3n) is 6.10. The van der Waals surface area contributed by atoms with Crippen molar-refractivity contribution in [3.8, 4) is 0 Å². The second kappa shape index (κ2) is 40.1. The minimum Gasteiger partial charge on any atom is -0.306 e. The summed E-state index contributed by atoms with van der Waals surface area (Å²) >= 11 is 0. The number of unbranched alkanes of at least 4 members (excludes halogenated alkanes) is 11. The van der Waals surface area contributed by atoms with Crippen LogP contribution in [0.3, 0.4) is 0 Å². The Labute approximate surface area is 222 Å². The third kappa shape index (κ3) is 39.2. The molecule has 0 aromatic heterocycles. The molecular weight excluding hydrogens is 410 g/mol. The van der Waals surface area contributed by atoms with Gasteiger partial charge in [0, 0.05) is 6.04 Å². The largest absolute Gasteiger partial charge is 0.306 e. The van der Waals surface area contributed by atoms with Crippen LogP contribution in [-0.4, -0.2) is 25.0 Å². The molecule has 0 bridgehead atoms. The fraction of sp³-hybridized carbons (Fsp3) is 1.00. The molecule has 0 heterocycles. The molecule has 0 aromatic rings. The molecular formula is C33H77N. The first kappa shape index (κ1) is 44.0. The van der Waals surface area contributed by atoms with E-state index in [-0.39, 0.29) is 0 Å². The Balaban J connectivity index is -0.000000241. The molecule has 34 heavy (non-hydrogen) atoms. The van der Waals surface area contributed by atoms with E-state index in [1.165, 1.54) is 89.9 Å². The van der Waals surface area contributed by atoms with Crippen molar-refractivity contribution >= 4 is 0 Å². The molecule has 0 fully saturated rings. The van der Waals surface area contributed by atoms with Gasteiger partial charge in [-0.25, -0.2) is 0 Å². The van der Waals surface area contributed by atoms with Crippen LogP contribution in [0.5, 0.6) is 0 Å². The van der Waals surface area contributed by atoms with Gasteiger partial charge >= 0.3 is 0 Å². The molecule has 0 amide bonds. The summed E-state index contributed by atoms with van der Waals surface area (Å²) in [5, 5.41) is 0. The lowest BCUT2D eigenvalue weighted by Gasteiger charge is -2.33. The first-order chi connectivity index (χ1) is 16.3. The second-order valence-corrected chi connectivity index (χ2v) is 10.2. The second-order valence-electron chi connectivity index (χ2n) is 10.2. The van der Waals surface area contributed by atoms with Crippen LogP contribution >= 0.6 is 0 Å². The maximum absolute atomic E-state index is 2.47. The zero-order valence-electron chi connectivity index (χ0n) is 27.7. The first-order valence-corrected chi connectivity index (χ1v) is 15.9. The quantitative estimate of drug-likeness (QED) is 0.184. The standard InChI is InChI=1S/C23H49N.C4H10.3C2H6/c1-7-9-10-11-12-13-14-15-16-17-18-19-20-21(3)22(4)23(8-2)24(5)6;1-4(2)3;3*1-2/h21-23H,7-20H2,1-6H3;4H,1-3H3;3*1-2H3. The Bertz CT molecular complexity index is 282. The topological polar surface area (TPSA) is 3.24 Å². The van der Waals surface area contributed by atoms with E-state index in [2.05, 4.69) is 67.5 Å². The van der Waals surface area contributed by atoms with Crippen LogP contribution in [0.15, 0.2) is 0 Å². The maximum atomic E-state index is 2.47. The van der Waals surface area contributed by atoms with Gasteiger partial charge in [0.1, 0.15) is 0 Å². The van der Waals surface area contributed by atoms with Crippen molar-refractivity contribution in [2.45, 2.75) is 186 Å². The summed E-state index contributed by atoms with van der Waals surface area (Å²) in [7, 11) is 4.47. The Morgan fingerprint density at radius 2 is 0.794 bits per heavy atom. The molecule has 1 heteroatoms. The van der Waals surface area contributed by atoms with Crippen molar-refractivity contribution in [2.24, 2.45) is 17.8 Å². The molecule has 3 atom stereocenters. The highest BCUT2D eigenvalue weighted by Gasteiger charge is 2.22. The lowest BCUT2D eigenvalue weighted by molar-refractivity contribution is 0.164. The zero-order chi connectivity index (χ0) is 27.8. The van der Waals surface area contributed by atoms with Crippen molar-refractivity contribution in [1.29, 1.82) is 0 Å². The van der Waals surface area contributed by atoms with Crippen LogP contribution < -0.4 is 0 Å². The predicted octanol–water partition coefficient (Wildman–Crippen LogP) is 12.4. The van der Waals surface area contributed by atoms with Crippen molar-refractivity contribution in [3.63, 3.8) is 0 Å². The number of nitrogens with zero attached hydrogens (tertiary/aromatic N) is 1. The molecule has 0 saturated heterocycles. The lowest BCUT2D eigenvalue weighted by Crippen LogP contribution is -2.36. The lowest BCUT2D eigenvalue weighted by atomic mass is 9.83. The zero-order valence-corrected chi connectivity index (χ0v) is 27.7. The fourth-order valence-electron chi connectivity index (χ4n) is 4.16. The van der Waals surface area contributed by atoms with Gasteiger partial charge in [0.2, 0.25) is 0 Å². The Morgan fingerprint density at radius 3 is 1.06 bits per heavy atom. The van der Waals surface area contributed by atoms with Gasteiger partial charge in [0.05, 0.1) is 0 Å². The summed E-state index contributed by atoms with van der Waals surface area (Å²) in [5.74, 6) is 2.51. The van der Waals surface area contributed by atoms with Crippen LogP contribution in [0.1, 0.15) is 180 Å². The molecule has 0 aliphatic heterocycles. The smallest absolute Gasteiger partial charge is 0.0115 e. The molecule has 0 aliphatic rings. The number of rotatable bonds is 17. The van der Waals surface area contributed by atoms with Gasteiger partial charge in [-0.2, -0.15) is 0 Å². The van der Waals surface area contributed by atoms with Gasteiger partial charge < -0.3 is 4.90 Å². The molecule has 0 radical (unpaired) electrons. The Hall–Kier alpha value is -0.0400. The average molecular weight is 488 g/mol. The molecule has 214 valence electrons. The van der Waals surface area contributed by atoms with Crippen molar-refractivity contribution in [2.75, 3.05) is 14.1 Å². The van der Waals surface area contributed by atoms with Gasteiger partial charge in [-0.15, -0.1) is 0 Å². The Morgan fingerprint density at radius 1 is 0.500 bits per heavy atom. The van der Waals surface area contributed by atoms with Gasteiger partial charge in [0.15, 0.2) is 0 Å². The molecule has 0 saturated carbocycles. The summed E-state index contributed by atoms with van der Waals surface area (Å²) < 4.78 is 0. The van der Waals surface area contributed by atoms with E-state index in [0.717, 1.165) is 23.8 Å². The molecule has 0 N–H and O–H groups in total. The third-order valence-corrected chi connectivity index (χ3v) is 6.10. The van der Waals surface area contributed by atoms with Crippen molar-refractivity contribution in [3.05, 3.63) is 0 Å². The molecule has 0 spiro atoms. The SMILES string of the molecule is CC.CC.CC.CC(C)C.CCCCCCCCCCCCCCC(C)C(C)C(CC)N(C)C. The van der Waals surface area contributed by atoms with Crippen LogP contribution in [-0.2, 0) is 0 Å². The summed E-state index contributed by atoms with van der Waals surface area (Å²) in [5.41, 5.74) is 0. The van der Waals surface area contributed by atoms with Gasteiger partial charge in [-0.3, -0.25) is 0 Å². The normalized spacial score (nSPS) is 12.6. The molecule has 1 nitrogen and oxygen atoms in total. The van der Waals surface area contributed by atoms with E-state index in [4.69, 9.17) is 0 Å². The van der Waals surface area contributed by atoms with Crippen molar-refractivity contribution in [1.82, 2.24) is 4.90 Å². The van der Waals surface area contributed by atoms with Gasteiger partial charge in [-0.05, 0) is 38.3 Å². The van der Waals surface area contributed by atoms with E-state index in [1.54, 1.807) is 0 Å². The maximum Gasteiger partial charge on any atom is 0.0115 e. The number of hydrogen-bond donors (Lipinski definition) is 0. The number of hydrogen-bond acceptors (Lipinski definition) is 1. The molecule has 0 aliphatic carbocycles. The van der Waals surface area contributed by atoms with Crippen LogP contribution in [0.2, 0.25) is 0 Å². The van der Waals surface area contributed by atoms with Crippen LogP contribution in [0.25, 0.3) is 0 Å². The highest BCUT2D eigenvalue weighted by atomic mass is 15.1. The highest BCUT2D eigenvalue weighted by Crippen LogP contribution is 2.25. The van der Waals surface area contributed by atoms with E-state index >= 15 is 0 Å². The summed E-state index contributed by atoms with van der Waals surface area (Å²) in [6.07, 6.45) is 20.1. The first-order valence-electron chi connectivity index (χ1n) is 15.9. The van der Waals surface area contributed by atoms with E-state index in [1.807, 2.05) is 41.5 Å². The van der Waals surface area contributed by atoms with E-state index < -0.39 is 0 Å². The highest BCUT2D eigenvalue weighted by molar-refractivity contribution is 4.75. The van der Waals surface area contributed by atoms with E-state index in [0.29, 0.717) is 0 Å². The molecule has 0 rings (SSSR count).